The van der Waals surface area contributed by atoms with Gasteiger partial charge < -0.3 is 4.90 Å². The molecule has 2 heterocycles. The van der Waals surface area contributed by atoms with Gasteiger partial charge in [-0.25, -0.2) is 0 Å². The highest BCUT2D eigenvalue weighted by Crippen LogP contribution is 2.37. The number of rotatable bonds is 5. The van der Waals surface area contributed by atoms with Gasteiger partial charge in [0.2, 0.25) is 0 Å². The molecule has 0 N–H and O–H groups in total. The highest BCUT2D eigenvalue weighted by molar-refractivity contribution is 7.11. The first-order chi connectivity index (χ1) is 13.7. The summed E-state index contributed by atoms with van der Waals surface area (Å²) in [5.41, 5.74) is 2.24. The van der Waals surface area contributed by atoms with Crippen molar-refractivity contribution in [1.29, 1.82) is 0 Å². The number of carbonyl (C=O) groups excluding carboxylic acids is 2. The minimum atomic E-state index is -0.126. The zero-order chi connectivity index (χ0) is 19.5. The monoisotopic (exact) mass is 394 g/mol. The number of nitrogens with zero attached hydrogens (tertiary/aromatic N) is 2. The molecule has 1 aromatic heterocycles. The molecule has 2 aliphatic rings. The van der Waals surface area contributed by atoms with E-state index in [4.69, 9.17) is 0 Å². The molecule has 28 heavy (non-hydrogen) atoms. The fraction of sp³-hybridized carbons (Fsp3) is 0.391. The summed E-state index contributed by atoms with van der Waals surface area (Å²) in [7, 11) is 1.91. The van der Waals surface area contributed by atoms with Crippen molar-refractivity contribution in [2.24, 2.45) is 0 Å². The Bertz CT molecular complexity index is 865. The van der Waals surface area contributed by atoms with Crippen molar-refractivity contribution in [3.05, 3.63) is 64.0 Å². The fourth-order valence-corrected chi connectivity index (χ4v) is 5.08. The largest absolute Gasteiger partial charge is 0.365 e. The van der Waals surface area contributed by atoms with E-state index in [2.05, 4.69) is 0 Å². The summed E-state index contributed by atoms with van der Waals surface area (Å²) in [5.74, 6) is -0.243. The van der Waals surface area contributed by atoms with Crippen molar-refractivity contribution in [1.82, 2.24) is 9.80 Å². The van der Waals surface area contributed by atoms with Crippen LogP contribution in [0.4, 0.5) is 0 Å². The summed E-state index contributed by atoms with van der Waals surface area (Å²) in [6, 6.07) is 14.0. The molecule has 1 aliphatic heterocycles. The first-order valence-electron chi connectivity index (χ1n) is 10.1. The molecular weight excluding hydrogens is 368 g/mol. The Hall–Kier alpha value is -2.40. The van der Waals surface area contributed by atoms with Gasteiger partial charge in [0, 0.05) is 24.5 Å². The maximum atomic E-state index is 13.5. The van der Waals surface area contributed by atoms with Crippen molar-refractivity contribution < 1.29 is 9.59 Å². The second-order valence-corrected chi connectivity index (χ2v) is 8.62. The lowest BCUT2D eigenvalue weighted by Crippen LogP contribution is -2.42. The minimum absolute atomic E-state index is 0.0279. The SMILES string of the molecule is CN(Cc1ccccc1)C1=C(c2cccs2)C(=O)N(C2CCCCCC2)C1=O. The molecule has 2 aromatic rings. The van der Waals surface area contributed by atoms with E-state index in [1.807, 2.05) is 59.8 Å². The number of hydrogen-bond acceptors (Lipinski definition) is 4. The Morgan fingerprint density at radius 1 is 0.964 bits per heavy atom. The van der Waals surface area contributed by atoms with Crippen molar-refractivity contribution in [2.45, 2.75) is 51.1 Å². The molecule has 0 atom stereocenters. The second-order valence-electron chi connectivity index (χ2n) is 7.67. The first kappa shape index (κ1) is 18.9. The average Bonchev–Trinajstić information content (AvgIpc) is 3.20. The fourth-order valence-electron chi connectivity index (χ4n) is 4.32. The van der Waals surface area contributed by atoms with E-state index in [9.17, 15) is 9.59 Å². The van der Waals surface area contributed by atoms with Crippen LogP contribution in [0.1, 0.15) is 49.0 Å². The summed E-state index contributed by atoms with van der Waals surface area (Å²) in [6.45, 7) is 0.600. The van der Waals surface area contributed by atoms with Gasteiger partial charge in [-0.2, -0.15) is 0 Å². The lowest BCUT2D eigenvalue weighted by Gasteiger charge is -2.27. The van der Waals surface area contributed by atoms with E-state index >= 15 is 0 Å². The highest BCUT2D eigenvalue weighted by atomic mass is 32.1. The molecule has 0 radical (unpaired) electrons. The van der Waals surface area contributed by atoms with Gasteiger partial charge in [0.25, 0.3) is 11.8 Å². The Morgan fingerprint density at radius 2 is 1.68 bits per heavy atom. The van der Waals surface area contributed by atoms with E-state index in [-0.39, 0.29) is 17.9 Å². The normalized spacial score (nSPS) is 18.7. The number of imide groups is 1. The number of amides is 2. The van der Waals surface area contributed by atoms with Crippen LogP contribution >= 0.6 is 11.3 Å². The third-order valence-electron chi connectivity index (χ3n) is 5.69. The van der Waals surface area contributed by atoms with E-state index in [0.717, 1.165) is 36.1 Å². The molecule has 4 nitrogen and oxygen atoms in total. The first-order valence-corrected chi connectivity index (χ1v) is 11.0. The summed E-state index contributed by atoms with van der Waals surface area (Å²) in [5, 5.41) is 1.96. The molecule has 5 heteroatoms. The summed E-state index contributed by atoms with van der Waals surface area (Å²) >= 11 is 1.52. The molecule has 1 aliphatic carbocycles. The number of carbonyl (C=O) groups is 2. The van der Waals surface area contributed by atoms with Crippen LogP contribution in [-0.4, -0.2) is 34.7 Å². The zero-order valence-electron chi connectivity index (χ0n) is 16.3. The van der Waals surface area contributed by atoms with Crippen LogP contribution < -0.4 is 0 Å². The van der Waals surface area contributed by atoms with E-state index in [0.29, 0.717) is 17.8 Å². The average molecular weight is 395 g/mol. The third-order valence-corrected chi connectivity index (χ3v) is 6.58. The molecular formula is C23H26N2O2S. The Kier molecular flexibility index (Phi) is 5.62. The topological polar surface area (TPSA) is 40.6 Å². The van der Waals surface area contributed by atoms with Gasteiger partial charge in [0.1, 0.15) is 5.70 Å². The molecule has 146 valence electrons. The number of hydrogen-bond donors (Lipinski definition) is 0. The van der Waals surface area contributed by atoms with Crippen LogP contribution in [0.25, 0.3) is 5.57 Å². The van der Waals surface area contributed by atoms with Crippen LogP contribution in [0.3, 0.4) is 0 Å². The molecule has 0 bridgehead atoms. The Balaban J connectivity index is 1.69. The summed E-state index contributed by atoms with van der Waals surface area (Å²) in [4.78, 5) is 31.3. The molecule has 4 rings (SSSR count). The van der Waals surface area contributed by atoms with E-state index < -0.39 is 0 Å². The minimum Gasteiger partial charge on any atom is -0.365 e. The predicted octanol–water partition coefficient (Wildman–Crippen LogP) is 4.68. The van der Waals surface area contributed by atoms with Gasteiger partial charge in [-0.3, -0.25) is 14.5 Å². The Morgan fingerprint density at radius 3 is 2.32 bits per heavy atom. The van der Waals surface area contributed by atoms with Crippen molar-refractivity contribution >= 4 is 28.7 Å². The molecule has 0 spiro atoms. The van der Waals surface area contributed by atoms with Crippen LogP contribution in [0.2, 0.25) is 0 Å². The van der Waals surface area contributed by atoms with Crippen LogP contribution in [0.5, 0.6) is 0 Å². The standard InChI is InChI=1S/C23H26N2O2S/c1-24(16-17-10-5-4-6-11-17)21-20(19-14-9-15-28-19)22(26)25(23(21)27)18-12-7-2-3-8-13-18/h4-6,9-11,14-15,18H,2-3,7-8,12-13,16H2,1H3. The van der Waals surface area contributed by atoms with Gasteiger partial charge in [-0.1, -0.05) is 62.1 Å². The zero-order valence-corrected chi connectivity index (χ0v) is 17.1. The maximum absolute atomic E-state index is 13.5. The molecule has 0 unspecified atom stereocenters. The number of likely N-dealkylation sites (N-methyl/N-ethyl adjacent to an activating group) is 1. The molecule has 2 amide bonds. The maximum Gasteiger partial charge on any atom is 0.278 e. The summed E-state index contributed by atoms with van der Waals surface area (Å²) in [6.07, 6.45) is 6.41. The molecule has 1 aromatic carbocycles. The number of benzene rings is 1. The van der Waals surface area contributed by atoms with Gasteiger partial charge >= 0.3 is 0 Å². The van der Waals surface area contributed by atoms with E-state index in [1.165, 1.54) is 24.2 Å². The molecule has 1 saturated carbocycles. The smallest absolute Gasteiger partial charge is 0.278 e. The van der Waals surface area contributed by atoms with Crippen LogP contribution in [0, 0.1) is 0 Å². The van der Waals surface area contributed by atoms with Crippen molar-refractivity contribution in [3.63, 3.8) is 0 Å². The van der Waals surface area contributed by atoms with Gasteiger partial charge in [-0.15, -0.1) is 11.3 Å². The van der Waals surface area contributed by atoms with E-state index in [1.54, 1.807) is 4.90 Å². The highest BCUT2D eigenvalue weighted by Gasteiger charge is 2.44. The Labute approximate surface area is 170 Å². The van der Waals surface area contributed by atoms with Gasteiger partial charge in [-0.05, 0) is 29.9 Å². The lowest BCUT2D eigenvalue weighted by atomic mass is 10.1. The molecule has 0 saturated heterocycles. The van der Waals surface area contributed by atoms with Crippen LogP contribution in [0.15, 0.2) is 53.5 Å². The van der Waals surface area contributed by atoms with Crippen LogP contribution in [-0.2, 0) is 16.1 Å². The van der Waals surface area contributed by atoms with Crippen molar-refractivity contribution in [3.8, 4) is 0 Å². The van der Waals surface area contributed by atoms with Gasteiger partial charge in [0.15, 0.2) is 0 Å². The van der Waals surface area contributed by atoms with Crippen molar-refractivity contribution in [2.75, 3.05) is 7.05 Å². The second kappa shape index (κ2) is 8.31. The molecule has 1 fully saturated rings. The number of thiophene rings is 1. The summed E-state index contributed by atoms with van der Waals surface area (Å²) < 4.78 is 0. The lowest BCUT2D eigenvalue weighted by molar-refractivity contribution is -0.140. The third kappa shape index (κ3) is 3.63. The predicted molar refractivity (Wildman–Crippen MR) is 112 cm³/mol. The van der Waals surface area contributed by atoms with Gasteiger partial charge in [0.05, 0.1) is 5.57 Å². The quantitative estimate of drug-likeness (QED) is 0.546.